The second-order valence-electron chi connectivity index (χ2n) is 6.83. The number of hydrogen-bond donors (Lipinski definition) is 1. The van der Waals surface area contributed by atoms with Crippen molar-refractivity contribution in [1.29, 1.82) is 0 Å². The first-order valence-corrected chi connectivity index (χ1v) is 8.75. The van der Waals surface area contributed by atoms with Crippen LogP contribution < -0.4 is 5.32 Å². The molecule has 2 aliphatic rings. The first-order chi connectivity index (χ1) is 10.3. The summed E-state index contributed by atoms with van der Waals surface area (Å²) in [6, 6.07) is 9.67. The van der Waals surface area contributed by atoms with E-state index in [2.05, 4.69) is 36.5 Å². The maximum Gasteiger partial charge on any atom is 0.0697 e. The molecular formula is C19H29NO. The molecule has 2 heteroatoms. The summed E-state index contributed by atoms with van der Waals surface area (Å²) in [6.07, 6.45) is 10.1. The van der Waals surface area contributed by atoms with Gasteiger partial charge in [0.2, 0.25) is 0 Å². The van der Waals surface area contributed by atoms with Crippen LogP contribution in [0.25, 0.3) is 0 Å². The summed E-state index contributed by atoms with van der Waals surface area (Å²) in [5.74, 6) is 0. The minimum absolute atomic E-state index is 0.209. The lowest BCUT2D eigenvalue weighted by atomic mass is 9.78. The van der Waals surface area contributed by atoms with Crippen molar-refractivity contribution in [2.45, 2.75) is 76.5 Å². The summed E-state index contributed by atoms with van der Waals surface area (Å²) in [5, 5.41) is 3.77. The molecule has 1 aromatic carbocycles. The van der Waals surface area contributed by atoms with E-state index >= 15 is 0 Å². The topological polar surface area (TPSA) is 21.3 Å². The van der Waals surface area contributed by atoms with Crippen molar-refractivity contribution < 1.29 is 4.74 Å². The van der Waals surface area contributed by atoms with Crippen molar-refractivity contribution in [1.82, 2.24) is 5.32 Å². The Labute approximate surface area is 129 Å². The van der Waals surface area contributed by atoms with Crippen molar-refractivity contribution in [3.05, 3.63) is 35.4 Å². The molecule has 1 aromatic rings. The number of ether oxygens (including phenoxy) is 1. The molecule has 1 unspecified atom stereocenters. The highest BCUT2D eigenvalue weighted by Gasteiger charge is 2.38. The predicted octanol–water partition coefficient (Wildman–Crippen LogP) is 4.22. The first-order valence-electron chi connectivity index (χ1n) is 8.75. The molecule has 0 aromatic heterocycles. The highest BCUT2D eigenvalue weighted by atomic mass is 16.5. The Morgan fingerprint density at radius 2 is 1.81 bits per heavy atom. The number of rotatable bonds is 4. The van der Waals surface area contributed by atoms with Gasteiger partial charge in [0.15, 0.2) is 0 Å². The maximum atomic E-state index is 6.18. The fourth-order valence-electron chi connectivity index (χ4n) is 3.90. The summed E-state index contributed by atoms with van der Waals surface area (Å²) < 4.78 is 6.18. The molecule has 2 fully saturated rings. The molecule has 2 nitrogen and oxygen atoms in total. The van der Waals surface area contributed by atoms with E-state index in [1.165, 1.54) is 49.7 Å². The van der Waals surface area contributed by atoms with E-state index < -0.39 is 0 Å². The average molecular weight is 287 g/mol. The van der Waals surface area contributed by atoms with Gasteiger partial charge in [0.05, 0.1) is 5.60 Å². The molecule has 21 heavy (non-hydrogen) atoms. The molecule has 3 rings (SSSR count). The summed E-state index contributed by atoms with van der Waals surface area (Å²) >= 11 is 0. The average Bonchev–Trinajstić information content (AvgIpc) is 2.54. The molecule has 1 atom stereocenters. The lowest BCUT2D eigenvalue weighted by Gasteiger charge is -2.43. The lowest BCUT2D eigenvalue weighted by Crippen LogP contribution is -2.47. The number of nitrogens with one attached hydrogen (secondary N) is 1. The highest BCUT2D eigenvalue weighted by molar-refractivity contribution is 5.22. The predicted molar refractivity (Wildman–Crippen MR) is 87.4 cm³/mol. The van der Waals surface area contributed by atoms with E-state index in [4.69, 9.17) is 4.74 Å². The van der Waals surface area contributed by atoms with Gasteiger partial charge in [0, 0.05) is 19.2 Å². The monoisotopic (exact) mass is 287 g/mol. The first kappa shape index (κ1) is 15.1. The normalized spacial score (nSPS) is 25.1. The fourth-order valence-corrected chi connectivity index (χ4v) is 3.90. The van der Waals surface area contributed by atoms with Gasteiger partial charge in [-0.3, -0.25) is 0 Å². The molecule has 1 N–H and O–H groups in total. The van der Waals surface area contributed by atoms with Crippen LogP contribution in [0.1, 0.15) is 63.0 Å². The number of benzene rings is 1. The Morgan fingerprint density at radius 1 is 1.10 bits per heavy atom. The second kappa shape index (κ2) is 6.93. The zero-order valence-corrected chi connectivity index (χ0v) is 13.4. The molecule has 116 valence electrons. The minimum Gasteiger partial charge on any atom is -0.375 e. The Bertz CT molecular complexity index is 428. The van der Waals surface area contributed by atoms with Crippen molar-refractivity contribution in [2.75, 3.05) is 6.61 Å². The quantitative estimate of drug-likeness (QED) is 0.895. The van der Waals surface area contributed by atoms with Crippen molar-refractivity contribution in [2.24, 2.45) is 0 Å². The number of hydrogen-bond acceptors (Lipinski definition) is 2. The van der Waals surface area contributed by atoms with Crippen LogP contribution in [0.2, 0.25) is 0 Å². The molecule has 1 aliphatic heterocycles. The minimum atomic E-state index is 0.209. The van der Waals surface area contributed by atoms with Crippen LogP contribution in [0.4, 0.5) is 0 Å². The van der Waals surface area contributed by atoms with Gasteiger partial charge in [-0.15, -0.1) is 0 Å². The van der Waals surface area contributed by atoms with Gasteiger partial charge < -0.3 is 10.1 Å². The van der Waals surface area contributed by atoms with Gasteiger partial charge in [-0.1, -0.05) is 50.5 Å². The molecule has 0 amide bonds. The molecule has 1 heterocycles. The molecule has 1 aliphatic carbocycles. The third-order valence-corrected chi connectivity index (χ3v) is 5.28. The van der Waals surface area contributed by atoms with Crippen LogP contribution in [-0.2, 0) is 17.7 Å². The SMILES string of the molecule is CCc1ccc(CNC2CCOC3(CCCCC3)C2)cc1. The van der Waals surface area contributed by atoms with Gasteiger partial charge in [-0.2, -0.15) is 0 Å². The molecular weight excluding hydrogens is 258 g/mol. The summed E-state index contributed by atoms with van der Waals surface area (Å²) in [4.78, 5) is 0. The molecule has 0 bridgehead atoms. The van der Waals surface area contributed by atoms with Gasteiger partial charge in [0.1, 0.15) is 0 Å². The Hall–Kier alpha value is -0.860. The van der Waals surface area contributed by atoms with E-state index in [-0.39, 0.29) is 5.60 Å². The van der Waals surface area contributed by atoms with Crippen LogP contribution in [-0.4, -0.2) is 18.2 Å². The van der Waals surface area contributed by atoms with E-state index in [0.717, 1.165) is 26.0 Å². The third-order valence-electron chi connectivity index (χ3n) is 5.28. The molecule has 0 radical (unpaired) electrons. The van der Waals surface area contributed by atoms with E-state index in [1.807, 2.05) is 0 Å². The van der Waals surface area contributed by atoms with Crippen molar-refractivity contribution >= 4 is 0 Å². The standard InChI is InChI=1S/C19H29NO/c1-2-16-6-8-17(9-7-16)15-20-18-10-13-21-19(14-18)11-4-3-5-12-19/h6-9,18,20H,2-5,10-15H2,1H3. The van der Waals surface area contributed by atoms with Gasteiger partial charge in [-0.05, 0) is 43.2 Å². The number of aryl methyl sites for hydroxylation is 1. The largest absolute Gasteiger partial charge is 0.375 e. The van der Waals surface area contributed by atoms with E-state index in [1.54, 1.807) is 0 Å². The van der Waals surface area contributed by atoms with Crippen LogP contribution in [0.15, 0.2) is 24.3 Å². The highest BCUT2D eigenvalue weighted by Crippen LogP contribution is 2.38. The zero-order valence-electron chi connectivity index (χ0n) is 13.4. The fraction of sp³-hybridized carbons (Fsp3) is 0.684. The maximum absolute atomic E-state index is 6.18. The summed E-state index contributed by atoms with van der Waals surface area (Å²) in [5.41, 5.74) is 3.03. The zero-order chi connectivity index (χ0) is 14.5. The summed E-state index contributed by atoms with van der Waals surface area (Å²) in [6.45, 7) is 4.14. The van der Waals surface area contributed by atoms with Crippen molar-refractivity contribution in [3.63, 3.8) is 0 Å². The molecule has 1 saturated carbocycles. The van der Waals surface area contributed by atoms with Gasteiger partial charge in [-0.25, -0.2) is 0 Å². The second-order valence-corrected chi connectivity index (χ2v) is 6.83. The van der Waals surface area contributed by atoms with E-state index in [9.17, 15) is 0 Å². The van der Waals surface area contributed by atoms with Crippen LogP contribution in [0.5, 0.6) is 0 Å². The van der Waals surface area contributed by atoms with Crippen molar-refractivity contribution in [3.8, 4) is 0 Å². The Morgan fingerprint density at radius 3 is 2.52 bits per heavy atom. The Balaban J connectivity index is 1.52. The van der Waals surface area contributed by atoms with Gasteiger partial charge in [0.25, 0.3) is 0 Å². The van der Waals surface area contributed by atoms with Gasteiger partial charge >= 0.3 is 0 Å². The lowest BCUT2D eigenvalue weighted by molar-refractivity contribution is -0.109. The molecule has 1 saturated heterocycles. The Kier molecular flexibility index (Phi) is 4.97. The molecule has 1 spiro atoms. The smallest absolute Gasteiger partial charge is 0.0697 e. The van der Waals surface area contributed by atoms with Crippen LogP contribution >= 0.6 is 0 Å². The third kappa shape index (κ3) is 3.87. The van der Waals surface area contributed by atoms with Crippen LogP contribution in [0.3, 0.4) is 0 Å². The van der Waals surface area contributed by atoms with Crippen LogP contribution in [0, 0.1) is 0 Å². The van der Waals surface area contributed by atoms with E-state index in [0.29, 0.717) is 6.04 Å². The summed E-state index contributed by atoms with van der Waals surface area (Å²) in [7, 11) is 0.